The Kier molecular flexibility index (Phi) is 7.44. The zero-order valence-electron chi connectivity index (χ0n) is 24.2. The van der Waals surface area contributed by atoms with Crippen molar-refractivity contribution in [2.75, 3.05) is 18.5 Å². The average Bonchev–Trinajstić information content (AvgIpc) is 3.32. The summed E-state index contributed by atoms with van der Waals surface area (Å²) in [6.45, 7) is 5.66. The average molecular weight is 555 g/mol. The van der Waals surface area contributed by atoms with Crippen LogP contribution in [-0.4, -0.2) is 39.9 Å². The maximum Gasteiger partial charge on any atom is 0.270 e. The number of hydrogen-bond donors (Lipinski definition) is 0. The number of para-hydroxylation sites is 1. The Hall–Kier alpha value is -4.97. The third-order valence-electron chi connectivity index (χ3n) is 8.21. The van der Waals surface area contributed by atoms with E-state index in [-0.39, 0.29) is 11.8 Å². The van der Waals surface area contributed by atoms with Crippen molar-refractivity contribution in [3.8, 4) is 11.1 Å². The molecule has 0 saturated carbocycles. The molecule has 210 valence electrons. The van der Waals surface area contributed by atoms with Gasteiger partial charge in [0.15, 0.2) is 0 Å². The number of carbonyl (C=O) groups is 2. The molecule has 0 spiro atoms. The summed E-state index contributed by atoms with van der Waals surface area (Å²) in [6, 6.07) is 30.1. The summed E-state index contributed by atoms with van der Waals surface area (Å²) in [5, 5.41) is 0. The van der Waals surface area contributed by atoms with Gasteiger partial charge in [0.1, 0.15) is 5.69 Å². The molecule has 1 aliphatic rings. The number of likely N-dealkylation sites (N-methyl/N-ethyl adjacent to an activating group) is 1. The summed E-state index contributed by atoms with van der Waals surface area (Å²) in [5.41, 5.74) is 9.79. The first-order valence-electron chi connectivity index (χ1n) is 14.3. The van der Waals surface area contributed by atoms with Crippen molar-refractivity contribution in [3.63, 3.8) is 0 Å². The number of carbonyl (C=O) groups excluding carboxylic acids is 2. The van der Waals surface area contributed by atoms with Crippen molar-refractivity contribution in [2.24, 2.45) is 0 Å². The Labute approximate surface area is 246 Å². The summed E-state index contributed by atoms with van der Waals surface area (Å²) in [7, 11) is 1.84. The van der Waals surface area contributed by atoms with Crippen LogP contribution in [0.25, 0.3) is 11.1 Å². The number of pyridine rings is 1. The van der Waals surface area contributed by atoms with Crippen molar-refractivity contribution in [2.45, 2.75) is 33.4 Å². The molecule has 0 radical (unpaired) electrons. The fourth-order valence-electron chi connectivity index (χ4n) is 5.80. The van der Waals surface area contributed by atoms with Gasteiger partial charge in [-0.15, -0.1) is 0 Å². The second-order valence-electron chi connectivity index (χ2n) is 11.0. The smallest absolute Gasteiger partial charge is 0.270 e. The van der Waals surface area contributed by atoms with Crippen molar-refractivity contribution >= 4 is 17.5 Å². The zero-order chi connectivity index (χ0) is 29.2. The Morgan fingerprint density at radius 3 is 2.33 bits per heavy atom. The van der Waals surface area contributed by atoms with Gasteiger partial charge in [-0.05, 0) is 96.1 Å². The lowest BCUT2D eigenvalue weighted by molar-refractivity contribution is 0.0786. The number of amides is 2. The fourth-order valence-corrected chi connectivity index (χ4v) is 5.80. The maximum atomic E-state index is 14.1. The van der Waals surface area contributed by atoms with Crippen molar-refractivity contribution in [3.05, 3.63) is 143 Å². The van der Waals surface area contributed by atoms with Crippen LogP contribution < -0.4 is 4.90 Å². The minimum Gasteiger partial charge on any atom is -0.340 e. The first-order valence-corrected chi connectivity index (χ1v) is 14.3. The number of rotatable bonds is 6. The van der Waals surface area contributed by atoms with Crippen LogP contribution in [0.3, 0.4) is 0 Å². The van der Waals surface area contributed by atoms with E-state index in [0.29, 0.717) is 30.9 Å². The Morgan fingerprint density at radius 1 is 0.810 bits per heavy atom. The SMILES string of the molecule is Cc1ccccc1-c1ccc(C(=O)N2Cc3ccc(C(=O)N(C)CCc4ccncc4)n3Cc3ccccc32)cc1C. The third kappa shape index (κ3) is 5.23. The first-order chi connectivity index (χ1) is 20.4. The topological polar surface area (TPSA) is 58.4 Å². The highest BCUT2D eigenvalue weighted by Crippen LogP contribution is 2.32. The molecule has 6 heteroatoms. The number of anilines is 1. The molecule has 2 aromatic heterocycles. The van der Waals surface area contributed by atoms with Crippen molar-refractivity contribution in [1.82, 2.24) is 14.5 Å². The van der Waals surface area contributed by atoms with Gasteiger partial charge in [0.05, 0.1) is 13.1 Å². The van der Waals surface area contributed by atoms with Gasteiger partial charge in [-0.3, -0.25) is 14.6 Å². The van der Waals surface area contributed by atoms with E-state index in [2.05, 4.69) is 41.6 Å². The van der Waals surface area contributed by atoms with E-state index in [1.807, 2.05) is 84.7 Å². The van der Waals surface area contributed by atoms with E-state index >= 15 is 0 Å². The molecule has 5 aromatic rings. The van der Waals surface area contributed by atoms with Crippen LogP contribution >= 0.6 is 0 Å². The zero-order valence-corrected chi connectivity index (χ0v) is 24.2. The summed E-state index contributed by atoms with van der Waals surface area (Å²) >= 11 is 0. The highest BCUT2D eigenvalue weighted by Gasteiger charge is 2.28. The molecule has 0 atom stereocenters. The molecule has 6 rings (SSSR count). The van der Waals surface area contributed by atoms with E-state index < -0.39 is 0 Å². The molecule has 0 N–H and O–H groups in total. The Morgan fingerprint density at radius 2 is 1.55 bits per heavy atom. The van der Waals surface area contributed by atoms with Gasteiger partial charge in [0.25, 0.3) is 11.8 Å². The van der Waals surface area contributed by atoms with Gasteiger partial charge in [-0.2, -0.15) is 0 Å². The number of hydrogen-bond acceptors (Lipinski definition) is 3. The van der Waals surface area contributed by atoms with Crippen LogP contribution in [0.1, 0.15) is 48.8 Å². The summed E-state index contributed by atoms with van der Waals surface area (Å²) < 4.78 is 2.06. The predicted octanol–water partition coefficient (Wildman–Crippen LogP) is 6.69. The third-order valence-corrected chi connectivity index (χ3v) is 8.21. The van der Waals surface area contributed by atoms with Gasteiger partial charge >= 0.3 is 0 Å². The molecule has 3 heterocycles. The molecule has 3 aromatic carbocycles. The molecule has 2 amide bonds. The quantitative estimate of drug-likeness (QED) is 0.235. The van der Waals surface area contributed by atoms with E-state index in [4.69, 9.17) is 0 Å². The van der Waals surface area contributed by atoms with Gasteiger partial charge in [0, 0.05) is 42.9 Å². The lowest BCUT2D eigenvalue weighted by Gasteiger charge is -2.23. The monoisotopic (exact) mass is 554 g/mol. The van der Waals surface area contributed by atoms with Crippen LogP contribution in [-0.2, 0) is 19.5 Å². The molecule has 1 aliphatic heterocycles. The van der Waals surface area contributed by atoms with Crippen LogP contribution in [0.5, 0.6) is 0 Å². The molecule has 6 nitrogen and oxygen atoms in total. The van der Waals surface area contributed by atoms with Crippen LogP contribution in [0, 0.1) is 13.8 Å². The molecule has 0 saturated heterocycles. The molecule has 0 aliphatic carbocycles. The Bertz CT molecular complexity index is 1770. The minimum absolute atomic E-state index is 0.0324. The van der Waals surface area contributed by atoms with E-state index in [9.17, 15) is 9.59 Å². The van der Waals surface area contributed by atoms with Gasteiger partial charge in [-0.1, -0.05) is 48.5 Å². The summed E-state index contributed by atoms with van der Waals surface area (Å²) in [5.74, 6) is -0.0890. The number of nitrogens with zero attached hydrogens (tertiary/aromatic N) is 4. The minimum atomic E-state index is -0.0566. The Balaban J connectivity index is 1.28. The number of benzene rings is 3. The largest absolute Gasteiger partial charge is 0.340 e. The second-order valence-corrected chi connectivity index (χ2v) is 11.0. The second kappa shape index (κ2) is 11.5. The number of aromatic nitrogens is 2. The summed E-state index contributed by atoms with van der Waals surface area (Å²) in [4.78, 5) is 35.4. The maximum absolute atomic E-state index is 14.1. The molecule has 42 heavy (non-hydrogen) atoms. The predicted molar refractivity (Wildman–Crippen MR) is 167 cm³/mol. The molecule has 0 bridgehead atoms. The van der Waals surface area contributed by atoms with Crippen molar-refractivity contribution < 1.29 is 9.59 Å². The van der Waals surface area contributed by atoms with E-state index in [1.165, 1.54) is 11.1 Å². The normalized spacial score (nSPS) is 12.3. The standard InChI is InChI=1S/C36H34N4O2/c1-25-8-4-6-10-31(25)32-14-12-28(22-26(32)2)35(41)40-24-30-13-15-34(39(30)23-29-9-5-7-11-33(29)40)36(42)38(3)21-18-27-16-19-37-20-17-27/h4-17,19-20,22H,18,21,23-24H2,1-3H3. The highest BCUT2D eigenvalue weighted by atomic mass is 16.2. The van der Waals surface area contributed by atoms with Crippen LogP contribution in [0.15, 0.2) is 103 Å². The molecule has 0 unspecified atom stereocenters. The fraction of sp³-hybridized carbons (Fsp3) is 0.194. The molecular formula is C36H34N4O2. The van der Waals surface area contributed by atoms with Gasteiger partial charge in [-0.25, -0.2) is 0 Å². The van der Waals surface area contributed by atoms with Crippen LogP contribution in [0.2, 0.25) is 0 Å². The van der Waals surface area contributed by atoms with Crippen LogP contribution in [0.4, 0.5) is 5.69 Å². The van der Waals surface area contributed by atoms with Crippen molar-refractivity contribution in [1.29, 1.82) is 0 Å². The molecular weight excluding hydrogens is 520 g/mol. The highest BCUT2D eigenvalue weighted by molar-refractivity contribution is 6.07. The van der Waals surface area contributed by atoms with E-state index in [0.717, 1.165) is 40.1 Å². The van der Waals surface area contributed by atoms with Gasteiger partial charge < -0.3 is 14.4 Å². The lowest BCUT2D eigenvalue weighted by Crippen LogP contribution is -2.31. The summed E-state index contributed by atoms with van der Waals surface area (Å²) in [6.07, 6.45) is 4.30. The van der Waals surface area contributed by atoms with E-state index in [1.54, 1.807) is 17.3 Å². The molecule has 0 fully saturated rings. The van der Waals surface area contributed by atoms with Gasteiger partial charge in [0.2, 0.25) is 0 Å². The lowest BCUT2D eigenvalue weighted by atomic mass is 9.95. The number of aryl methyl sites for hydroxylation is 2. The first kappa shape index (κ1) is 27.2. The number of fused-ring (bicyclic) bond motifs is 2.